The van der Waals surface area contributed by atoms with Crippen molar-refractivity contribution >= 4 is 16.1 Å². The molecule has 0 amide bonds. The van der Waals surface area contributed by atoms with Crippen LogP contribution < -0.4 is 0 Å². The minimum absolute atomic E-state index is 0.140. The highest BCUT2D eigenvalue weighted by Crippen LogP contribution is 2.47. The summed E-state index contributed by atoms with van der Waals surface area (Å²) in [4.78, 5) is 13.0. The molecule has 0 bridgehead atoms. The Morgan fingerprint density at radius 1 is 0.763 bits per heavy atom. The van der Waals surface area contributed by atoms with E-state index in [1.807, 2.05) is 0 Å². The van der Waals surface area contributed by atoms with Gasteiger partial charge in [-0.1, -0.05) is 42.5 Å². The number of esters is 1. The standard InChI is InChI=1S/C24H18F6O7S/c25-23(26,27)22(24(28,29)30,13-38(34,35)36)37-21(33)19-4-2-1-3-18(19)20(14-5-9-16(31)10-6-14)15-7-11-17(32)12-8-15/h1-12,20,31-32H,13H2,(H,34,35,36). The van der Waals surface area contributed by atoms with Gasteiger partial charge in [0.1, 0.15) is 17.3 Å². The van der Waals surface area contributed by atoms with E-state index >= 15 is 0 Å². The van der Waals surface area contributed by atoms with E-state index in [0.717, 1.165) is 12.1 Å². The van der Waals surface area contributed by atoms with E-state index in [2.05, 4.69) is 4.74 Å². The summed E-state index contributed by atoms with van der Waals surface area (Å²) in [6.45, 7) is 0. The van der Waals surface area contributed by atoms with Gasteiger partial charge in [0.2, 0.25) is 0 Å². The van der Waals surface area contributed by atoms with E-state index < -0.39 is 51.3 Å². The molecule has 0 spiro atoms. The predicted molar refractivity (Wildman–Crippen MR) is 120 cm³/mol. The Balaban J connectivity index is 2.21. The third-order valence-electron chi connectivity index (χ3n) is 5.51. The lowest BCUT2D eigenvalue weighted by molar-refractivity contribution is -0.356. The minimum atomic E-state index is -6.49. The van der Waals surface area contributed by atoms with E-state index in [1.165, 1.54) is 60.7 Å². The third kappa shape index (κ3) is 6.02. The highest BCUT2D eigenvalue weighted by molar-refractivity contribution is 7.85. The fraction of sp³-hybridized carbons (Fsp3) is 0.208. The maximum Gasteiger partial charge on any atom is 0.438 e. The number of ether oxygens (including phenoxy) is 1. The van der Waals surface area contributed by atoms with Crippen molar-refractivity contribution in [2.75, 3.05) is 5.75 Å². The van der Waals surface area contributed by atoms with Gasteiger partial charge in [-0.25, -0.2) is 4.79 Å². The Hall–Kier alpha value is -3.78. The van der Waals surface area contributed by atoms with Crippen molar-refractivity contribution in [3.05, 3.63) is 95.1 Å². The van der Waals surface area contributed by atoms with E-state index in [4.69, 9.17) is 4.55 Å². The maximum absolute atomic E-state index is 13.7. The quantitative estimate of drug-likeness (QED) is 0.156. The zero-order chi connectivity index (χ0) is 28.5. The van der Waals surface area contributed by atoms with Crippen LogP contribution in [0, 0.1) is 0 Å². The van der Waals surface area contributed by atoms with Crippen LogP contribution in [-0.4, -0.2) is 52.9 Å². The molecule has 3 aromatic rings. The number of hydrogen-bond acceptors (Lipinski definition) is 6. The number of hydrogen-bond donors (Lipinski definition) is 3. The normalized spacial score (nSPS) is 12.9. The molecule has 0 fully saturated rings. The fourth-order valence-electron chi connectivity index (χ4n) is 3.76. The van der Waals surface area contributed by atoms with Crippen molar-refractivity contribution in [1.82, 2.24) is 0 Å². The van der Waals surface area contributed by atoms with Crippen molar-refractivity contribution in [2.45, 2.75) is 23.9 Å². The zero-order valence-electron chi connectivity index (χ0n) is 18.9. The molecular weight excluding hydrogens is 546 g/mol. The van der Waals surface area contributed by atoms with Crippen molar-refractivity contribution in [2.24, 2.45) is 0 Å². The monoisotopic (exact) mass is 564 g/mol. The van der Waals surface area contributed by atoms with Crippen molar-refractivity contribution in [1.29, 1.82) is 0 Å². The largest absolute Gasteiger partial charge is 0.508 e. The van der Waals surface area contributed by atoms with Crippen molar-refractivity contribution < 1.29 is 59.1 Å². The summed E-state index contributed by atoms with van der Waals surface area (Å²) in [5.41, 5.74) is -5.82. The average molecular weight is 564 g/mol. The molecule has 0 aliphatic rings. The molecule has 0 saturated heterocycles. The first-order valence-electron chi connectivity index (χ1n) is 10.4. The number of alkyl halides is 6. The van der Waals surface area contributed by atoms with E-state index in [-0.39, 0.29) is 17.1 Å². The predicted octanol–water partition coefficient (Wildman–Crippen LogP) is 5.19. The number of rotatable bonds is 7. The number of carbonyl (C=O) groups excluding carboxylic acids is 1. The second kappa shape index (κ2) is 10.2. The lowest BCUT2D eigenvalue weighted by Crippen LogP contribution is -2.63. The van der Waals surface area contributed by atoms with Gasteiger partial charge in [-0.3, -0.25) is 4.55 Å². The van der Waals surface area contributed by atoms with Gasteiger partial charge in [0.25, 0.3) is 10.1 Å². The molecule has 0 unspecified atom stereocenters. The maximum atomic E-state index is 13.7. The zero-order valence-corrected chi connectivity index (χ0v) is 19.7. The van der Waals surface area contributed by atoms with Gasteiger partial charge in [0, 0.05) is 5.92 Å². The van der Waals surface area contributed by atoms with Crippen LogP contribution in [0.1, 0.15) is 33.0 Å². The molecule has 3 N–H and O–H groups in total. The number of benzene rings is 3. The van der Waals surface area contributed by atoms with Crippen LogP contribution in [-0.2, 0) is 14.9 Å². The van der Waals surface area contributed by atoms with Crippen molar-refractivity contribution in [3.63, 3.8) is 0 Å². The number of phenols is 2. The lowest BCUT2D eigenvalue weighted by Gasteiger charge is -2.35. The van der Waals surface area contributed by atoms with Crippen molar-refractivity contribution in [3.8, 4) is 11.5 Å². The highest BCUT2D eigenvalue weighted by Gasteiger charge is 2.76. The van der Waals surface area contributed by atoms with E-state index in [1.54, 1.807) is 0 Å². The van der Waals surface area contributed by atoms with E-state index in [0.29, 0.717) is 11.1 Å². The summed E-state index contributed by atoms with van der Waals surface area (Å²) in [7, 11) is -5.96. The van der Waals surface area contributed by atoms with Crippen LogP contribution in [0.25, 0.3) is 0 Å². The van der Waals surface area contributed by atoms with Gasteiger partial charge in [0.05, 0.1) is 5.56 Å². The fourth-order valence-corrected chi connectivity index (χ4v) is 4.66. The number of phenolic OH excluding ortho intramolecular Hbond substituents is 2. The molecule has 0 aliphatic heterocycles. The van der Waals surface area contributed by atoms with Crippen LogP contribution in [0.15, 0.2) is 72.8 Å². The van der Waals surface area contributed by atoms with Gasteiger partial charge in [-0.2, -0.15) is 34.8 Å². The number of aromatic hydroxyl groups is 2. The van der Waals surface area contributed by atoms with Gasteiger partial charge in [-0.15, -0.1) is 0 Å². The number of carbonyl (C=O) groups is 1. The first-order chi connectivity index (χ1) is 17.5. The molecule has 38 heavy (non-hydrogen) atoms. The van der Waals surface area contributed by atoms with Crippen LogP contribution in [0.5, 0.6) is 11.5 Å². The van der Waals surface area contributed by atoms with Crippen LogP contribution in [0.2, 0.25) is 0 Å². The topological polar surface area (TPSA) is 121 Å². The summed E-state index contributed by atoms with van der Waals surface area (Å²) >= 11 is 0. The van der Waals surface area contributed by atoms with Gasteiger partial charge < -0.3 is 14.9 Å². The summed E-state index contributed by atoms with van der Waals surface area (Å²) in [6.07, 6.45) is -13.0. The molecule has 0 radical (unpaired) electrons. The second-order valence-electron chi connectivity index (χ2n) is 8.14. The molecule has 0 aromatic heterocycles. The van der Waals surface area contributed by atoms with Crippen LogP contribution >= 0.6 is 0 Å². The molecule has 3 aromatic carbocycles. The number of halogens is 6. The Morgan fingerprint density at radius 3 is 1.58 bits per heavy atom. The first kappa shape index (κ1) is 28.8. The van der Waals surface area contributed by atoms with Gasteiger partial charge >= 0.3 is 23.9 Å². The van der Waals surface area contributed by atoms with E-state index in [9.17, 15) is 49.8 Å². The molecule has 0 atom stereocenters. The Bertz CT molecular complexity index is 1340. The Kier molecular flexibility index (Phi) is 7.71. The molecule has 0 aliphatic carbocycles. The lowest BCUT2D eigenvalue weighted by atomic mass is 9.82. The third-order valence-corrected chi connectivity index (χ3v) is 6.28. The molecule has 7 nitrogen and oxygen atoms in total. The second-order valence-corrected chi connectivity index (χ2v) is 9.59. The van der Waals surface area contributed by atoms with Crippen LogP contribution in [0.3, 0.4) is 0 Å². The highest BCUT2D eigenvalue weighted by atomic mass is 32.2. The smallest absolute Gasteiger partial charge is 0.438 e. The SMILES string of the molecule is O=C(OC(CS(=O)(=O)O)(C(F)(F)F)C(F)(F)F)c1ccccc1C(c1ccc(O)cc1)c1ccc(O)cc1. The summed E-state index contributed by atoms with van der Waals surface area (Å²) < 4.78 is 118. The van der Waals surface area contributed by atoms with Gasteiger partial charge in [-0.05, 0) is 47.0 Å². The van der Waals surface area contributed by atoms with Gasteiger partial charge in [0.15, 0.2) is 0 Å². The molecule has 14 heteroatoms. The van der Waals surface area contributed by atoms with Crippen LogP contribution in [0.4, 0.5) is 26.3 Å². The average Bonchev–Trinajstić information content (AvgIpc) is 2.79. The molecule has 0 heterocycles. The summed E-state index contributed by atoms with van der Waals surface area (Å²) in [5, 5.41) is 19.3. The molecule has 0 saturated carbocycles. The Morgan fingerprint density at radius 2 is 1.18 bits per heavy atom. The molecule has 3 rings (SSSR count). The minimum Gasteiger partial charge on any atom is -0.508 e. The molecule has 204 valence electrons. The molecular formula is C24H18F6O7S. The summed E-state index contributed by atoms with van der Waals surface area (Å²) in [6, 6.07) is 15.2. The Labute approximate surface area is 211 Å². The first-order valence-corrected chi connectivity index (χ1v) is 12.0. The summed E-state index contributed by atoms with van der Waals surface area (Å²) in [5.74, 6) is -6.53.